The number of nitrogens with two attached hydrogens (primary N) is 1. The highest BCUT2D eigenvalue weighted by Crippen LogP contribution is 2.14. The first-order chi connectivity index (χ1) is 13.6. The number of hydrogen-bond acceptors (Lipinski definition) is 5. The van der Waals surface area contributed by atoms with Gasteiger partial charge in [-0.2, -0.15) is 0 Å². The van der Waals surface area contributed by atoms with Crippen molar-refractivity contribution in [3.05, 3.63) is 60.2 Å². The van der Waals surface area contributed by atoms with E-state index >= 15 is 0 Å². The van der Waals surface area contributed by atoms with Gasteiger partial charge in [0.05, 0.1) is 4.90 Å². The fraction of sp³-hybridized carbons (Fsp3) is 0.300. The Morgan fingerprint density at radius 2 is 1.66 bits per heavy atom. The van der Waals surface area contributed by atoms with Gasteiger partial charge in [0.15, 0.2) is 0 Å². The number of rotatable bonds is 8. The van der Waals surface area contributed by atoms with Gasteiger partial charge >= 0.3 is 6.09 Å². The van der Waals surface area contributed by atoms with Gasteiger partial charge in [0, 0.05) is 5.69 Å². The SMILES string of the molecule is CC(C)C[C@H](NC(=O)OCc1ccccc1)C(=O)Nc1ccc(S(N)(=O)=O)cc1. The molecule has 0 unspecified atom stereocenters. The van der Waals surface area contributed by atoms with Crippen molar-refractivity contribution in [3.8, 4) is 0 Å². The Morgan fingerprint density at radius 1 is 1.03 bits per heavy atom. The second-order valence-corrected chi connectivity index (χ2v) is 8.51. The lowest BCUT2D eigenvalue weighted by Gasteiger charge is -2.20. The minimum absolute atomic E-state index is 0.0585. The molecule has 0 aliphatic carbocycles. The van der Waals surface area contributed by atoms with Crippen LogP contribution >= 0.6 is 0 Å². The third-order valence-corrected chi connectivity index (χ3v) is 4.91. The number of carbonyl (C=O) groups is 2. The van der Waals surface area contributed by atoms with Gasteiger partial charge in [-0.25, -0.2) is 18.4 Å². The third-order valence-electron chi connectivity index (χ3n) is 3.98. The van der Waals surface area contributed by atoms with Crippen LogP contribution in [0.15, 0.2) is 59.5 Å². The number of sulfonamides is 1. The highest BCUT2D eigenvalue weighted by atomic mass is 32.2. The van der Waals surface area contributed by atoms with Gasteiger partial charge in [-0.15, -0.1) is 0 Å². The molecule has 2 aromatic carbocycles. The Kier molecular flexibility index (Phi) is 7.74. The zero-order chi connectivity index (χ0) is 21.4. The first kappa shape index (κ1) is 22.4. The zero-order valence-electron chi connectivity index (χ0n) is 16.3. The summed E-state index contributed by atoms with van der Waals surface area (Å²) in [5, 5.41) is 10.3. The van der Waals surface area contributed by atoms with E-state index in [4.69, 9.17) is 9.88 Å². The Balaban J connectivity index is 1.98. The van der Waals surface area contributed by atoms with Crippen LogP contribution in [0, 0.1) is 5.92 Å². The van der Waals surface area contributed by atoms with Crippen molar-refractivity contribution >= 4 is 27.7 Å². The Labute approximate surface area is 170 Å². The number of nitrogens with one attached hydrogen (secondary N) is 2. The lowest BCUT2D eigenvalue weighted by Crippen LogP contribution is -2.44. The van der Waals surface area contributed by atoms with E-state index in [0.717, 1.165) is 5.56 Å². The van der Waals surface area contributed by atoms with Crippen molar-refractivity contribution in [2.75, 3.05) is 5.32 Å². The minimum atomic E-state index is -3.81. The van der Waals surface area contributed by atoms with Gasteiger partial charge in [-0.1, -0.05) is 44.2 Å². The van der Waals surface area contributed by atoms with E-state index in [1.54, 1.807) is 0 Å². The maximum atomic E-state index is 12.6. The molecule has 0 saturated heterocycles. The zero-order valence-corrected chi connectivity index (χ0v) is 17.1. The average Bonchev–Trinajstić information content (AvgIpc) is 2.66. The molecule has 0 fully saturated rings. The minimum Gasteiger partial charge on any atom is -0.445 e. The molecule has 9 heteroatoms. The van der Waals surface area contributed by atoms with Crippen molar-refractivity contribution in [1.82, 2.24) is 5.32 Å². The van der Waals surface area contributed by atoms with Crippen LogP contribution in [0.2, 0.25) is 0 Å². The van der Waals surface area contributed by atoms with Crippen LogP contribution in [0.4, 0.5) is 10.5 Å². The van der Waals surface area contributed by atoms with E-state index in [1.807, 2.05) is 44.2 Å². The summed E-state index contributed by atoms with van der Waals surface area (Å²) in [6.07, 6.45) is -0.291. The van der Waals surface area contributed by atoms with Gasteiger partial charge in [-0.3, -0.25) is 4.79 Å². The van der Waals surface area contributed by atoms with Crippen LogP contribution in [0.1, 0.15) is 25.8 Å². The molecule has 0 bridgehead atoms. The molecule has 29 heavy (non-hydrogen) atoms. The molecule has 0 aliphatic rings. The quantitative estimate of drug-likeness (QED) is 0.606. The molecule has 4 N–H and O–H groups in total. The molecule has 0 aromatic heterocycles. The molecule has 2 aromatic rings. The van der Waals surface area contributed by atoms with Crippen LogP contribution in [0.25, 0.3) is 0 Å². The third kappa shape index (κ3) is 7.55. The molecule has 156 valence electrons. The number of carbonyl (C=O) groups excluding carboxylic acids is 2. The molecule has 0 aliphatic heterocycles. The number of primary sulfonamides is 1. The summed E-state index contributed by atoms with van der Waals surface area (Å²) in [7, 11) is -3.81. The first-order valence-corrected chi connectivity index (χ1v) is 10.6. The summed E-state index contributed by atoms with van der Waals surface area (Å²) in [6, 6.07) is 13.8. The van der Waals surface area contributed by atoms with E-state index in [1.165, 1.54) is 24.3 Å². The maximum Gasteiger partial charge on any atom is 0.408 e. The number of ether oxygens (including phenoxy) is 1. The van der Waals surface area contributed by atoms with E-state index < -0.39 is 28.1 Å². The predicted octanol–water partition coefficient (Wildman–Crippen LogP) is 2.61. The number of hydrogen-bond donors (Lipinski definition) is 3. The van der Waals surface area contributed by atoms with Gasteiger partial charge in [0.25, 0.3) is 0 Å². The van der Waals surface area contributed by atoms with E-state index in [2.05, 4.69) is 10.6 Å². The highest BCUT2D eigenvalue weighted by molar-refractivity contribution is 7.89. The van der Waals surface area contributed by atoms with Crippen molar-refractivity contribution in [2.24, 2.45) is 11.1 Å². The Bertz CT molecular complexity index is 928. The largest absolute Gasteiger partial charge is 0.445 e. The van der Waals surface area contributed by atoms with Crippen molar-refractivity contribution in [2.45, 2.75) is 37.8 Å². The fourth-order valence-electron chi connectivity index (χ4n) is 2.57. The van der Waals surface area contributed by atoms with Crippen LogP contribution < -0.4 is 15.8 Å². The summed E-state index contributed by atoms with van der Waals surface area (Å²) in [5.41, 5.74) is 1.22. The van der Waals surface area contributed by atoms with Crippen LogP contribution in [0.3, 0.4) is 0 Å². The van der Waals surface area contributed by atoms with Crippen molar-refractivity contribution in [3.63, 3.8) is 0 Å². The first-order valence-electron chi connectivity index (χ1n) is 9.06. The standard InChI is InChI=1S/C20H25N3O5S/c1-14(2)12-18(23-20(25)28-13-15-6-4-3-5-7-15)19(24)22-16-8-10-17(11-9-16)29(21,26)27/h3-11,14,18H,12-13H2,1-2H3,(H,22,24)(H,23,25)(H2,21,26,27)/t18-/m0/s1. The summed E-state index contributed by atoms with van der Waals surface area (Å²) >= 11 is 0. The van der Waals surface area contributed by atoms with Crippen LogP contribution in [-0.4, -0.2) is 26.5 Å². The van der Waals surface area contributed by atoms with Crippen LogP contribution in [0.5, 0.6) is 0 Å². The Morgan fingerprint density at radius 3 is 2.21 bits per heavy atom. The summed E-state index contributed by atoms with van der Waals surface area (Å²) in [4.78, 5) is 24.7. The summed E-state index contributed by atoms with van der Waals surface area (Å²) < 4.78 is 27.8. The molecule has 0 radical (unpaired) electrons. The predicted molar refractivity (Wildman–Crippen MR) is 109 cm³/mol. The number of anilines is 1. The number of benzene rings is 2. The van der Waals surface area contributed by atoms with E-state index in [9.17, 15) is 18.0 Å². The molecular formula is C20H25N3O5S. The summed E-state index contributed by atoms with van der Waals surface area (Å²) in [5.74, 6) is -0.288. The lowest BCUT2D eigenvalue weighted by atomic mass is 10.0. The van der Waals surface area contributed by atoms with Gasteiger partial charge in [-0.05, 0) is 42.2 Å². The second-order valence-electron chi connectivity index (χ2n) is 6.95. The molecule has 2 rings (SSSR count). The summed E-state index contributed by atoms with van der Waals surface area (Å²) in [6.45, 7) is 3.95. The van der Waals surface area contributed by atoms with Crippen molar-refractivity contribution < 1.29 is 22.7 Å². The molecule has 0 saturated carbocycles. The molecule has 0 spiro atoms. The fourth-order valence-corrected chi connectivity index (χ4v) is 3.08. The smallest absolute Gasteiger partial charge is 0.408 e. The lowest BCUT2D eigenvalue weighted by molar-refractivity contribution is -0.118. The van der Waals surface area contributed by atoms with Gasteiger partial charge in [0.1, 0.15) is 12.6 Å². The second kappa shape index (κ2) is 10.0. The van der Waals surface area contributed by atoms with E-state index in [-0.39, 0.29) is 17.4 Å². The molecular weight excluding hydrogens is 394 g/mol. The highest BCUT2D eigenvalue weighted by Gasteiger charge is 2.23. The Hall–Kier alpha value is -2.91. The number of amides is 2. The topological polar surface area (TPSA) is 128 Å². The van der Waals surface area contributed by atoms with Gasteiger partial charge < -0.3 is 15.4 Å². The van der Waals surface area contributed by atoms with Gasteiger partial charge in [0.2, 0.25) is 15.9 Å². The molecule has 8 nitrogen and oxygen atoms in total. The normalized spacial score (nSPS) is 12.3. The molecule has 2 amide bonds. The molecule has 0 heterocycles. The average molecular weight is 420 g/mol. The molecule has 1 atom stereocenters. The van der Waals surface area contributed by atoms with E-state index in [0.29, 0.717) is 12.1 Å². The number of alkyl carbamates (subject to hydrolysis) is 1. The maximum absolute atomic E-state index is 12.6. The van der Waals surface area contributed by atoms with Crippen LogP contribution in [-0.2, 0) is 26.2 Å². The monoisotopic (exact) mass is 419 g/mol. The van der Waals surface area contributed by atoms with Crippen molar-refractivity contribution in [1.29, 1.82) is 0 Å².